The maximum Gasteiger partial charge on any atom is 0.321 e. The topological polar surface area (TPSA) is 50.8 Å². The summed E-state index contributed by atoms with van der Waals surface area (Å²) in [6.07, 6.45) is 0. The summed E-state index contributed by atoms with van der Waals surface area (Å²) in [5.41, 5.74) is 0.888. The normalized spacial score (nSPS) is 13.8. The van der Waals surface area contributed by atoms with Crippen molar-refractivity contribution in [2.45, 2.75) is 11.8 Å². The SMILES string of the molecule is CCOc1ccccc1OSc1ccc(N2CCNC2=O)cc1. The maximum absolute atomic E-state index is 11.6. The van der Waals surface area contributed by atoms with Crippen LogP contribution in [0.5, 0.6) is 11.5 Å². The van der Waals surface area contributed by atoms with Gasteiger partial charge in [0.25, 0.3) is 0 Å². The van der Waals surface area contributed by atoms with Gasteiger partial charge in [0.15, 0.2) is 11.5 Å². The van der Waals surface area contributed by atoms with Gasteiger partial charge in [-0.3, -0.25) is 4.90 Å². The molecule has 5 nitrogen and oxygen atoms in total. The van der Waals surface area contributed by atoms with Gasteiger partial charge in [0.1, 0.15) is 0 Å². The molecular formula is C17H18N2O3S. The first kappa shape index (κ1) is 15.6. The second-order valence-electron chi connectivity index (χ2n) is 4.92. The van der Waals surface area contributed by atoms with Crippen molar-refractivity contribution in [3.8, 4) is 11.5 Å². The molecule has 23 heavy (non-hydrogen) atoms. The highest BCUT2D eigenvalue weighted by Crippen LogP contribution is 2.32. The standard InChI is InChI=1S/C17H18N2O3S/c1-2-21-15-5-3-4-6-16(15)22-23-14-9-7-13(8-10-14)19-12-11-18-17(19)20/h3-10H,2,11-12H2,1H3,(H,18,20). The van der Waals surface area contributed by atoms with E-state index in [0.29, 0.717) is 25.4 Å². The van der Waals surface area contributed by atoms with E-state index in [1.165, 1.54) is 12.0 Å². The summed E-state index contributed by atoms with van der Waals surface area (Å²) >= 11 is 1.27. The summed E-state index contributed by atoms with van der Waals surface area (Å²) in [7, 11) is 0. The number of hydrogen-bond acceptors (Lipinski definition) is 4. The Kier molecular flexibility index (Phi) is 4.92. The van der Waals surface area contributed by atoms with Crippen LogP contribution in [0.1, 0.15) is 6.92 Å². The van der Waals surface area contributed by atoms with Crippen LogP contribution in [-0.2, 0) is 0 Å². The van der Waals surface area contributed by atoms with E-state index in [1.807, 2.05) is 55.5 Å². The summed E-state index contributed by atoms with van der Waals surface area (Å²) in [6.45, 7) is 3.92. The number of urea groups is 1. The van der Waals surface area contributed by atoms with Gasteiger partial charge >= 0.3 is 6.03 Å². The fraction of sp³-hybridized carbons (Fsp3) is 0.235. The number of nitrogens with one attached hydrogen (secondary N) is 1. The first-order chi connectivity index (χ1) is 11.3. The number of ether oxygens (including phenoxy) is 1. The average molecular weight is 330 g/mol. The zero-order chi connectivity index (χ0) is 16.1. The Bertz CT molecular complexity index is 676. The van der Waals surface area contributed by atoms with Crippen molar-refractivity contribution >= 4 is 23.8 Å². The van der Waals surface area contributed by atoms with Crippen LogP contribution in [0.3, 0.4) is 0 Å². The zero-order valence-corrected chi connectivity index (χ0v) is 13.6. The first-order valence-electron chi connectivity index (χ1n) is 7.49. The van der Waals surface area contributed by atoms with Gasteiger partial charge in [-0.2, -0.15) is 0 Å². The number of nitrogens with zero attached hydrogens (tertiary/aromatic N) is 1. The van der Waals surface area contributed by atoms with Gasteiger partial charge in [0.2, 0.25) is 0 Å². The zero-order valence-electron chi connectivity index (χ0n) is 12.8. The third-order valence-corrected chi connectivity index (χ3v) is 4.11. The highest BCUT2D eigenvalue weighted by molar-refractivity contribution is 7.95. The minimum atomic E-state index is -0.0488. The van der Waals surface area contributed by atoms with Gasteiger partial charge < -0.3 is 14.2 Å². The number of para-hydroxylation sites is 2. The lowest BCUT2D eigenvalue weighted by Crippen LogP contribution is -2.27. The molecular weight excluding hydrogens is 312 g/mol. The molecule has 0 aliphatic carbocycles. The van der Waals surface area contributed by atoms with Crippen LogP contribution in [-0.4, -0.2) is 25.7 Å². The second kappa shape index (κ2) is 7.28. The number of benzene rings is 2. The van der Waals surface area contributed by atoms with Crippen LogP contribution in [0.15, 0.2) is 53.4 Å². The smallest absolute Gasteiger partial charge is 0.321 e. The summed E-state index contributed by atoms with van der Waals surface area (Å²) < 4.78 is 11.3. The van der Waals surface area contributed by atoms with Crippen molar-refractivity contribution in [3.05, 3.63) is 48.5 Å². The highest BCUT2D eigenvalue weighted by atomic mass is 32.2. The van der Waals surface area contributed by atoms with E-state index in [2.05, 4.69) is 5.32 Å². The lowest BCUT2D eigenvalue weighted by atomic mass is 10.3. The quantitative estimate of drug-likeness (QED) is 0.821. The predicted octanol–water partition coefficient (Wildman–Crippen LogP) is 3.70. The average Bonchev–Trinajstić information content (AvgIpc) is 3.01. The van der Waals surface area contributed by atoms with Gasteiger partial charge in [-0.25, -0.2) is 4.79 Å². The van der Waals surface area contributed by atoms with Gasteiger partial charge in [0, 0.05) is 23.7 Å². The fourth-order valence-corrected chi connectivity index (χ4v) is 2.86. The summed E-state index contributed by atoms with van der Waals surface area (Å²) in [5, 5.41) is 2.79. The van der Waals surface area contributed by atoms with E-state index >= 15 is 0 Å². The molecule has 1 fully saturated rings. The molecule has 120 valence electrons. The maximum atomic E-state index is 11.6. The van der Waals surface area contributed by atoms with Crippen LogP contribution < -0.4 is 19.1 Å². The molecule has 0 spiro atoms. The Morgan fingerprint density at radius 3 is 2.52 bits per heavy atom. The number of hydrogen-bond donors (Lipinski definition) is 1. The van der Waals surface area contributed by atoms with Crippen LogP contribution >= 0.6 is 12.0 Å². The van der Waals surface area contributed by atoms with E-state index in [0.717, 1.165) is 16.3 Å². The van der Waals surface area contributed by atoms with E-state index < -0.39 is 0 Å². The van der Waals surface area contributed by atoms with E-state index in [-0.39, 0.29) is 6.03 Å². The van der Waals surface area contributed by atoms with Crippen LogP contribution in [0, 0.1) is 0 Å². The Morgan fingerprint density at radius 2 is 1.87 bits per heavy atom. The van der Waals surface area contributed by atoms with Crippen molar-refractivity contribution < 1.29 is 13.7 Å². The molecule has 0 aromatic heterocycles. The Labute approximate surface area is 139 Å². The number of carbonyl (C=O) groups is 1. The van der Waals surface area contributed by atoms with E-state index in [4.69, 9.17) is 8.92 Å². The number of rotatable bonds is 6. The van der Waals surface area contributed by atoms with E-state index in [9.17, 15) is 4.79 Å². The lowest BCUT2D eigenvalue weighted by molar-refractivity contribution is 0.252. The van der Waals surface area contributed by atoms with Crippen molar-refractivity contribution in [2.24, 2.45) is 0 Å². The summed E-state index contributed by atoms with van der Waals surface area (Å²) in [4.78, 5) is 14.3. The van der Waals surface area contributed by atoms with Crippen LogP contribution in [0.25, 0.3) is 0 Å². The van der Waals surface area contributed by atoms with Crippen LogP contribution in [0.2, 0.25) is 0 Å². The Hall–Kier alpha value is -2.34. The van der Waals surface area contributed by atoms with Gasteiger partial charge in [0.05, 0.1) is 18.6 Å². The van der Waals surface area contributed by atoms with Gasteiger partial charge in [-0.05, 0) is 43.3 Å². The molecule has 2 aromatic carbocycles. The molecule has 0 bridgehead atoms. The third kappa shape index (κ3) is 3.71. The first-order valence-corrected chi connectivity index (χ1v) is 8.24. The molecule has 0 radical (unpaired) electrons. The second-order valence-corrected chi connectivity index (χ2v) is 5.73. The molecule has 0 unspecified atom stereocenters. The highest BCUT2D eigenvalue weighted by Gasteiger charge is 2.20. The minimum absolute atomic E-state index is 0.0488. The molecule has 1 aliphatic rings. The molecule has 1 N–H and O–H groups in total. The molecule has 0 saturated carbocycles. The summed E-state index contributed by atoms with van der Waals surface area (Å²) in [5.74, 6) is 1.43. The lowest BCUT2D eigenvalue weighted by Gasteiger charge is -2.14. The van der Waals surface area contributed by atoms with Gasteiger partial charge in [-0.15, -0.1) is 0 Å². The third-order valence-electron chi connectivity index (χ3n) is 3.38. The molecule has 1 aliphatic heterocycles. The monoisotopic (exact) mass is 330 g/mol. The summed E-state index contributed by atoms with van der Waals surface area (Å²) in [6, 6.07) is 15.3. The number of anilines is 1. The van der Waals surface area contributed by atoms with Crippen LogP contribution in [0.4, 0.5) is 10.5 Å². The van der Waals surface area contributed by atoms with Crippen molar-refractivity contribution in [1.82, 2.24) is 5.32 Å². The van der Waals surface area contributed by atoms with Crippen molar-refractivity contribution in [1.29, 1.82) is 0 Å². The predicted molar refractivity (Wildman–Crippen MR) is 91.3 cm³/mol. The number of amides is 2. The van der Waals surface area contributed by atoms with Crippen molar-refractivity contribution in [3.63, 3.8) is 0 Å². The van der Waals surface area contributed by atoms with Crippen molar-refractivity contribution in [2.75, 3.05) is 24.6 Å². The molecule has 3 rings (SSSR count). The largest absolute Gasteiger partial charge is 0.490 e. The van der Waals surface area contributed by atoms with E-state index in [1.54, 1.807) is 4.90 Å². The molecule has 6 heteroatoms. The number of carbonyl (C=O) groups excluding carboxylic acids is 1. The Morgan fingerprint density at radius 1 is 1.13 bits per heavy atom. The molecule has 2 aromatic rings. The molecule has 2 amide bonds. The Balaban J connectivity index is 1.64. The molecule has 0 atom stereocenters. The molecule has 1 saturated heterocycles. The van der Waals surface area contributed by atoms with Gasteiger partial charge in [-0.1, -0.05) is 12.1 Å². The molecule has 1 heterocycles. The fourth-order valence-electron chi connectivity index (χ4n) is 2.29. The minimum Gasteiger partial charge on any atom is -0.490 e.